The van der Waals surface area contributed by atoms with Crippen LogP contribution in [-0.2, 0) is 10.0 Å². The molecule has 0 aromatic heterocycles. The normalized spacial score (nSPS) is 11.7. The van der Waals surface area contributed by atoms with Gasteiger partial charge in [0.15, 0.2) is 0 Å². The van der Waals surface area contributed by atoms with Crippen LogP contribution in [0, 0.1) is 0 Å². The van der Waals surface area contributed by atoms with E-state index in [-0.39, 0.29) is 4.90 Å². The first-order valence-corrected chi connectivity index (χ1v) is 7.72. The second-order valence-corrected chi connectivity index (χ2v) is 6.34. The smallest absolute Gasteiger partial charge is 0.241 e. The topological polar surface area (TPSA) is 58.2 Å². The minimum absolute atomic E-state index is 0.162. The first kappa shape index (κ1) is 14.9. The summed E-state index contributed by atoms with van der Waals surface area (Å²) in [4.78, 5) is 0.162. The van der Waals surface area contributed by atoms with E-state index in [1.807, 2.05) is 7.05 Å². The van der Waals surface area contributed by atoms with Crippen LogP contribution in [0.4, 0.5) is 0 Å². The molecule has 1 rings (SSSR count). The van der Waals surface area contributed by atoms with E-state index in [9.17, 15) is 8.42 Å². The zero-order valence-corrected chi connectivity index (χ0v) is 12.5. The first-order chi connectivity index (χ1) is 7.99. The molecule has 96 valence electrons. The molecule has 0 spiro atoms. The maximum atomic E-state index is 11.9. The van der Waals surface area contributed by atoms with Crippen LogP contribution in [0.25, 0.3) is 0 Å². The van der Waals surface area contributed by atoms with Gasteiger partial charge >= 0.3 is 0 Å². The van der Waals surface area contributed by atoms with E-state index in [0.717, 1.165) is 13.0 Å². The molecular formula is C10H14BrClN2O2S. The first-order valence-electron chi connectivity index (χ1n) is 5.07. The Kier molecular flexibility index (Phi) is 5.88. The van der Waals surface area contributed by atoms with Crippen molar-refractivity contribution in [3.8, 4) is 0 Å². The third-order valence-electron chi connectivity index (χ3n) is 2.10. The lowest BCUT2D eigenvalue weighted by Crippen LogP contribution is -2.27. The molecule has 0 amide bonds. The van der Waals surface area contributed by atoms with Gasteiger partial charge in [0.1, 0.15) is 0 Å². The summed E-state index contributed by atoms with van der Waals surface area (Å²) in [5.41, 5.74) is 0. The highest BCUT2D eigenvalue weighted by molar-refractivity contribution is 9.10. The number of sulfonamides is 1. The molecule has 7 heteroatoms. The Bertz CT molecular complexity index is 479. The van der Waals surface area contributed by atoms with Crippen molar-refractivity contribution in [2.75, 3.05) is 20.1 Å². The molecule has 0 aliphatic rings. The van der Waals surface area contributed by atoms with Gasteiger partial charge in [-0.1, -0.05) is 17.7 Å². The van der Waals surface area contributed by atoms with Crippen LogP contribution in [0.2, 0.25) is 5.02 Å². The van der Waals surface area contributed by atoms with Gasteiger partial charge in [0.2, 0.25) is 10.0 Å². The van der Waals surface area contributed by atoms with Crippen molar-refractivity contribution in [3.05, 3.63) is 27.7 Å². The van der Waals surface area contributed by atoms with Gasteiger partial charge in [0, 0.05) is 6.54 Å². The quantitative estimate of drug-likeness (QED) is 0.778. The SMILES string of the molecule is CNCCCNS(=O)(=O)c1cccc(Cl)c1Br. The van der Waals surface area contributed by atoms with Gasteiger partial charge in [-0.2, -0.15) is 0 Å². The van der Waals surface area contributed by atoms with E-state index in [2.05, 4.69) is 26.0 Å². The second kappa shape index (κ2) is 6.70. The van der Waals surface area contributed by atoms with Crippen LogP contribution >= 0.6 is 27.5 Å². The fraction of sp³-hybridized carbons (Fsp3) is 0.400. The lowest BCUT2D eigenvalue weighted by atomic mass is 10.4. The van der Waals surface area contributed by atoms with E-state index in [0.29, 0.717) is 16.0 Å². The van der Waals surface area contributed by atoms with E-state index >= 15 is 0 Å². The fourth-order valence-corrected chi connectivity index (χ4v) is 3.55. The van der Waals surface area contributed by atoms with Gasteiger partial charge in [-0.25, -0.2) is 13.1 Å². The molecule has 0 atom stereocenters. The Labute approximate surface area is 115 Å². The monoisotopic (exact) mass is 340 g/mol. The van der Waals surface area contributed by atoms with Gasteiger partial charge in [0.05, 0.1) is 14.4 Å². The molecule has 2 N–H and O–H groups in total. The van der Waals surface area contributed by atoms with Crippen molar-refractivity contribution >= 4 is 37.6 Å². The summed E-state index contributed by atoms with van der Waals surface area (Å²) in [7, 11) is -1.68. The average molecular weight is 342 g/mol. The summed E-state index contributed by atoms with van der Waals surface area (Å²) in [6.45, 7) is 1.15. The maximum absolute atomic E-state index is 11.9. The van der Waals surface area contributed by atoms with Crippen LogP contribution in [0.3, 0.4) is 0 Å². The number of hydrogen-bond acceptors (Lipinski definition) is 3. The summed E-state index contributed by atoms with van der Waals surface area (Å²) in [5, 5.41) is 3.33. The zero-order chi connectivity index (χ0) is 12.9. The summed E-state index contributed by atoms with van der Waals surface area (Å²) in [6.07, 6.45) is 0.730. The van der Waals surface area contributed by atoms with Crippen LogP contribution in [0.5, 0.6) is 0 Å². The van der Waals surface area contributed by atoms with Gasteiger partial charge in [-0.05, 0) is 48.1 Å². The number of halogens is 2. The third-order valence-corrected chi connectivity index (χ3v) is 5.26. The second-order valence-electron chi connectivity index (χ2n) is 3.41. The van der Waals surface area contributed by atoms with Gasteiger partial charge in [-0.15, -0.1) is 0 Å². The molecule has 0 bridgehead atoms. The van der Waals surface area contributed by atoms with Crippen molar-refractivity contribution in [2.45, 2.75) is 11.3 Å². The summed E-state index contributed by atoms with van der Waals surface area (Å²) in [5.74, 6) is 0. The fourth-order valence-electron chi connectivity index (χ4n) is 1.24. The zero-order valence-electron chi connectivity index (χ0n) is 9.33. The molecule has 17 heavy (non-hydrogen) atoms. The molecule has 0 fully saturated rings. The number of rotatable bonds is 6. The highest BCUT2D eigenvalue weighted by atomic mass is 79.9. The molecule has 1 aromatic rings. The highest BCUT2D eigenvalue weighted by Crippen LogP contribution is 2.29. The Hall–Kier alpha value is -0.140. The molecule has 0 aliphatic heterocycles. The number of nitrogens with one attached hydrogen (secondary N) is 2. The largest absolute Gasteiger partial charge is 0.320 e. The van der Waals surface area contributed by atoms with Crippen molar-refractivity contribution in [2.24, 2.45) is 0 Å². The van der Waals surface area contributed by atoms with E-state index in [1.54, 1.807) is 12.1 Å². The minimum atomic E-state index is -3.50. The molecule has 0 heterocycles. The van der Waals surface area contributed by atoms with Crippen molar-refractivity contribution in [1.82, 2.24) is 10.0 Å². The molecule has 4 nitrogen and oxygen atoms in total. The van der Waals surface area contributed by atoms with Crippen LogP contribution in [-0.4, -0.2) is 28.6 Å². The maximum Gasteiger partial charge on any atom is 0.241 e. The Morgan fingerprint density at radius 1 is 1.35 bits per heavy atom. The lowest BCUT2D eigenvalue weighted by molar-refractivity contribution is 0.576. The van der Waals surface area contributed by atoms with Crippen molar-refractivity contribution in [1.29, 1.82) is 0 Å². The Morgan fingerprint density at radius 3 is 2.71 bits per heavy atom. The van der Waals surface area contributed by atoms with E-state index in [4.69, 9.17) is 11.6 Å². The molecular weight excluding hydrogens is 328 g/mol. The van der Waals surface area contributed by atoms with Gasteiger partial charge in [-0.3, -0.25) is 0 Å². The number of hydrogen-bond donors (Lipinski definition) is 2. The molecule has 0 unspecified atom stereocenters. The third kappa shape index (κ3) is 4.22. The van der Waals surface area contributed by atoms with Crippen LogP contribution in [0.15, 0.2) is 27.6 Å². The van der Waals surface area contributed by atoms with Gasteiger partial charge < -0.3 is 5.32 Å². The van der Waals surface area contributed by atoms with Crippen LogP contribution in [0.1, 0.15) is 6.42 Å². The van der Waals surface area contributed by atoms with Crippen molar-refractivity contribution < 1.29 is 8.42 Å². The molecule has 1 aromatic carbocycles. The molecule has 0 saturated carbocycles. The van der Waals surface area contributed by atoms with E-state index < -0.39 is 10.0 Å². The van der Waals surface area contributed by atoms with Crippen molar-refractivity contribution in [3.63, 3.8) is 0 Å². The highest BCUT2D eigenvalue weighted by Gasteiger charge is 2.18. The average Bonchev–Trinajstić information content (AvgIpc) is 2.28. The van der Waals surface area contributed by atoms with Crippen LogP contribution < -0.4 is 10.0 Å². The Balaban J connectivity index is 2.79. The summed E-state index contributed by atoms with van der Waals surface area (Å²) in [6, 6.07) is 4.75. The molecule has 0 saturated heterocycles. The predicted octanol–water partition coefficient (Wildman–Crippen LogP) is 1.99. The molecule has 0 radical (unpaired) electrons. The van der Waals surface area contributed by atoms with E-state index in [1.165, 1.54) is 6.07 Å². The lowest BCUT2D eigenvalue weighted by Gasteiger charge is -2.09. The summed E-state index contributed by atoms with van der Waals surface area (Å²) < 4.78 is 26.8. The molecule has 0 aliphatic carbocycles. The number of benzene rings is 1. The summed E-state index contributed by atoms with van der Waals surface area (Å²) >= 11 is 9.03. The predicted molar refractivity (Wildman–Crippen MR) is 72.9 cm³/mol. The van der Waals surface area contributed by atoms with Gasteiger partial charge in [0.25, 0.3) is 0 Å². The Morgan fingerprint density at radius 2 is 2.06 bits per heavy atom. The standard InChI is InChI=1S/C10H14BrClN2O2S/c1-13-6-3-7-14-17(15,16)9-5-2-4-8(12)10(9)11/h2,4-5,13-14H,3,6-7H2,1H3. The minimum Gasteiger partial charge on any atom is -0.320 e.